The summed E-state index contributed by atoms with van der Waals surface area (Å²) in [4.78, 5) is 0. The van der Waals surface area contributed by atoms with Gasteiger partial charge >= 0.3 is 0 Å². The second-order valence-corrected chi connectivity index (χ2v) is 4.78. The fourth-order valence-corrected chi connectivity index (χ4v) is 2.05. The molecule has 1 rings (SSSR count). The molecular weight excluding hydrogens is 294 g/mol. The van der Waals surface area contributed by atoms with Crippen molar-refractivity contribution in [2.75, 3.05) is 5.33 Å². The molecule has 1 nitrogen and oxygen atoms in total. The molecule has 0 radical (unpaired) electrons. The van der Waals surface area contributed by atoms with E-state index in [0.29, 0.717) is 5.33 Å². The summed E-state index contributed by atoms with van der Waals surface area (Å²) in [5, 5.41) is 9.62. The van der Waals surface area contributed by atoms with Crippen LogP contribution in [0.25, 0.3) is 0 Å². The van der Waals surface area contributed by atoms with Gasteiger partial charge in [-0.3, -0.25) is 0 Å². The average molecular weight is 303 g/mol. The number of rotatable bonds is 2. The van der Waals surface area contributed by atoms with Gasteiger partial charge in [0.1, 0.15) is 4.32 Å². The molecule has 3 heteroatoms. The molecule has 68 valence electrons. The van der Waals surface area contributed by atoms with Crippen LogP contribution in [0.1, 0.15) is 11.1 Å². The van der Waals surface area contributed by atoms with Crippen LogP contribution in [0.15, 0.2) is 24.3 Å². The highest BCUT2D eigenvalue weighted by atomic mass is 79.9. The molecule has 0 aliphatic heterocycles. The molecule has 0 bridgehead atoms. The zero-order valence-corrected chi connectivity index (χ0v) is 10.4. The SMILES string of the molecule is Cc1ccccc1C(Br)(C#N)CBr. The van der Waals surface area contributed by atoms with Crippen molar-refractivity contribution in [3.63, 3.8) is 0 Å². The van der Waals surface area contributed by atoms with E-state index in [9.17, 15) is 0 Å². The molecule has 0 N–H and O–H groups in total. The minimum absolute atomic E-state index is 0.585. The Hall–Kier alpha value is -0.330. The second-order valence-electron chi connectivity index (χ2n) is 2.86. The van der Waals surface area contributed by atoms with Crippen LogP contribution in [0.5, 0.6) is 0 Å². The maximum atomic E-state index is 9.04. The maximum Gasteiger partial charge on any atom is 0.147 e. The Morgan fingerprint density at radius 2 is 2.08 bits per heavy atom. The number of hydrogen-bond donors (Lipinski definition) is 0. The van der Waals surface area contributed by atoms with Crippen molar-refractivity contribution in [1.82, 2.24) is 0 Å². The highest BCUT2D eigenvalue weighted by Gasteiger charge is 2.28. The predicted molar refractivity (Wildman–Crippen MR) is 61.2 cm³/mol. The lowest BCUT2D eigenvalue weighted by Crippen LogP contribution is -2.18. The van der Waals surface area contributed by atoms with E-state index in [0.717, 1.165) is 11.1 Å². The molecule has 0 spiro atoms. The number of nitriles is 1. The van der Waals surface area contributed by atoms with Crippen molar-refractivity contribution in [2.45, 2.75) is 11.2 Å². The molecule has 0 aliphatic carbocycles. The highest BCUT2D eigenvalue weighted by Crippen LogP contribution is 2.34. The van der Waals surface area contributed by atoms with Gasteiger partial charge < -0.3 is 0 Å². The number of nitrogens with zero attached hydrogens (tertiary/aromatic N) is 1. The van der Waals surface area contributed by atoms with Gasteiger partial charge in [0.05, 0.1) is 6.07 Å². The van der Waals surface area contributed by atoms with Gasteiger partial charge in [-0.25, -0.2) is 0 Å². The molecule has 1 atom stereocenters. The topological polar surface area (TPSA) is 23.8 Å². The van der Waals surface area contributed by atoms with Crippen molar-refractivity contribution in [1.29, 1.82) is 5.26 Å². The Morgan fingerprint density at radius 3 is 2.54 bits per heavy atom. The lowest BCUT2D eigenvalue weighted by Gasteiger charge is -2.18. The van der Waals surface area contributed by atoms with E-state index < -0.39 is 4.32 Å². The van der Waals surface area contributed by atoms with Crippen molar-refractivity contribution in [2.24, 2.45) is 0 Å². The van der Waals surface area contributed by atoms with Gasteiger partial charge in [-0.1, -0.05) is 56.1 Å². The molecule has 1 unspecified atom stereocenters. The summed E-state index contributed by atoms with van der Waals surface area (Å²) in [6, 6.07) is 10.1. The first-order valence-electron chi connectivity index (χ1n) is 3.86. The van der Waals surface area contributed by atoms with Crippen molar-refractivity contribution >= 4 is 31.9 Å². The fourth-order valence-electron chi connectivity index (χ4n) is 1.18. The van der Waals surface area contributed by atoms with Crippen molar-refractivity contribution in [3.05, 3.63) is 35.4 Å². The number of benzene rings is 1. The molecular formula is C10H9Br2N. The Morgan fingerprint density at radius 1 is 1.46 bits per heavy atom. The third-order valence-corrected chi connectivity index (χ3v) is 4.41. The summed E-state index contributed by atoms with van der Waals surface area (Å²) >= 11 is 6.77. The van der Waals surface area contributed by atoms with E-state index in [1.807, 2.05) is 31.2 Å². The second kappa shape index (κ2) is 4.26. The summed E-state index contributed by atoms with van der Waals surface area (Å²) in [5.41, 5.74) is 2.15. The Labute approximate surface area is 95.0 Å². The van der Waals surface area contributed by atoms with Gasteiger partial charge in [-0.2, -0.15) is 5.26 Å². The largest absolute Gasteiger partial charge is 0.196 e. The Balaban J connectivity index is 3.22. The van der Waals surface area contributed by atoms with E-state index in [-0.39, 0.29) is 0 Å². The Bertz CT molecular complexity index is 343. The van der Waals surface area contributed by atoms with Crippen LogP contribution in [0.2, 0.25) is 0 Å². The van der Waals surface area contributed by atoms with Crippen LogP contribution < -0.4 is 0 Å². The maximum absolute atomic E-state index is 9.04. The minimum Gasteiger partial charge on any atom is -0.196 e. The molecule has 0 saturated heterocycles. The average Bonchev–Trinajstić information content (AvgIpc) is 2.17. The van der Waals surface area contributed by atoms with Crippen LogP contribution in [0.4, 0.5) is 0 Å². The molecule has 0 saturated carbocycles. The lowest BCUT2D eigenvalue weighted by atomic mass is 9.98. The van der Waals surface area contributed by atoms with Gasteiger partial charge in [0.15, 0.2) is 0 Å². The number of halogens is 2. The number of hydrogen-bond acceptors (Lipinski definition) is 1. The van der Waals surface area contributed by atoms with E-state index in [1.165, 1.54) is 0 Å². The first kappa shape index (κ1) is 10.7. The third kappa shape index (κ3) is 2.12. The van der Waals surface area contributed by atoms with Gasteiger partial charge in [0, 0.05) is 5.33 Å². The van der Waals surface area contributed by atoms with E-state index in [4.69, 9.17) is 5.26 Å². The third-order valence-electron chi connectivity index (χ3n) is 1.93. The zero-order chi connectivity index (χ0) is 9.90. The van der Waals surface area contributed by atoms with Gasteiger partial charge in [-0.15, -0.1) is 0 Å². The summed E-state index contributed by atoms with van der Waals surface area (Å²) in [6.07, 6.45) is 0. The quantitative estimate of drug-likeness (QED) is 0.767. The van der Waals surface area contributed by atoms with Crippen LogP contribution in [-0.2, 0) is 4.32 Å². The van der Waals surface area contributed by atoms with Crippen LogP contribution >= 0.6 is 31.9 Å². The summed E-state index contributed by atoms with van der Waals surface area (Å²) in [6.45, 7) is 2.01. The van der Waals surface area contributed by atoms with Crippen LogP contribution in [0.3, 0.4) is 0 Å². The van der Waals surface area contributed by atoms with Crippen LogP contribution in [-0.4, -0.2) is 5.33 Å². The molecule has 0 fully saturated rings. The lowest BCUT2D eigenvalue weighted by molar-refractivity contribution is 0.927. The van der Waals surface area contributed by atoms with E-state index >= 15 is 0 Å². The molecule has 0 heterocycles. The summed E-state index contributed by atoms with van der Waals surface area (Å²) < 4.78 is -0.599. The molecule has 0 amide bonds. The monoisotopic (exact) mass is 301 g/mol. The molecule has 0 aromatic heterocycles. The predicted octanol–water partition coefficient (Wildman–Crippen LogP) is 3.50. The van der Waals surface area contributed by atoms with Crippen molar-refractivity contribution in [3.8, 4) is 6.07 Å². The number of alkyl halides is 2. The standard InChI is InChI=1S/C10H9Br2N/c1-8-4-2-3-5-9(8)10(12,6-11)7-13/h2-5H,6H2,1H3. The zero-order valence-electron chi connectivity index (χ0n) is 7.22. The fraction of sp³-hybridized carbons (Fsp3) is 0.300. The minimum atomic E-state index is -0.599. The Kier molecular flexibility index (Phi) is 3.52. The van der Waals surface area contributed by atoms with Crippen molar-refractivity contribution < 1.29 is 0 Å². The molecule has 13 heavy (non-hydrogen) atoms. The molecule has 0 aliphatic rings. The van der Waals surface area contributed by atoms with E-state index in [1.54, 1.807) is 0 Å². The summed E-state index contributed by atoms with van der Waals surface area (Å²) in [5.74, 6) is 0. The summed E-state index contributed by atoms with van der Waals surface area (Å²) in [7, 11) is 0. The first-order valence-corrected chi connectivity index (χ1v) is 5.78. The number of aryl methyl sites for hydroxylation is 1. The van der Waals surface area contributed by atoms with Gasteiger partial charge in [-0.05, 0) is 18.1 Å². The first-order chi connectivity index (χ1) is 6.14. The van der Waals surface area contributed by atoms with Gasteiger partial charge in [0.2, 0.25) is 0 Å². The molecule has 1 aromatic carbocycles. The molecule has 1 aromatic rings. The normalized spacial score (nSPS) is 14.6. The van der Waals surface area contributed by atoms with Gasteiger partial charge in [0.25, 0.3) is 0 Å². The van der Waals surface area contributed by atoms with Crippen LogP contribution in [0, 0.1) is 18.3 Å². The highest BCUT2D eigenvalue weighted by molar-refractivity contribution is 9.12. The smallest absolute Gasteiger partial charge is 0.147 e. The van der Waals surface area contributed by atoms with E-state index in [2.05, 4.69) is 37.9 Å².